The van der Waals surface area contributed by atoms with Crippen molar-refractivity contribution < 1.29 is 14.3 Å². The van der Waals surface area contributed by atoms with Gasteiger partial charge in [0.1, 0.15) is 5.75 Å². The highest BCUT2D eigenvalue weighted by molar-refractivity contribution is 7.80. The fourth-order valence-corrected chi connectivity index (χ4v) is 2.35. The van der Waals surface area contributed by atoms with Gasteiger partial charge >= 0.3 is 5.97 Å². The van der Waals surface area contributed by atoms with Gasteiger partial charge in [0, 0.05) is 12.2 Å². The van der Waals surface area contributed by atoms with Crippen LogP contribution in [0.25, 0.3) is 0 Å². The second-order valence-corrected chi connectivity index (χ2v) is 5.46. The topological polar surface area (TPSA) is 59.6 Å². The molecule has 0 aromatic heterocycles. The average Bonchev–Trinajstić information content (AvgIpc) is 2.61. The number of hydrogen-bond donors (Lipinski definition) is 2. The fraction of sp³-hybridized carbons (Fsp3) is 0.222. The summed E-state index contributed by atoms with van der Waals surface area (Å²) >= 11 is 5.27. The maximum Gasteiger partial charge on any atom is 0.337 e. The van der Waals surface area contributed by atoms with E-state index in [2.05, 4.69) is 10.6 Å². The third-order valence-corrected chi connectivity index (χ3v) is 3.65. The zero-order chi connectivity index (χ0) is 17.4. The smallest absolute Gasteiger partial charge is 0.337 e. The lowest BCUT2D eigenvalue weighted by Gasteiger charge is -2.11. The minimum Gasteiger partial charge on any atom is -0.497 e. The summed E-state index contributed by atoms with van der Waals surface area (Å²) in [6, 6.07) is 14.9. The Balaban J connectivity index is 1.81. The van der Waals surface area contributed by atoms with Gasteiger partial charge in [-0.25, -0.2) is 4.79 Å². The van der Waals surface area contributed by atoms with Gasteiger partial charge in [-0.05, 0) is 54.5 Å². The summed E-state index contributed by atoms with van der Waals surface area (Å²) < 4.78 is 9.84. The highest BCUT2D eigenvalue weighted by atomic mass is 32.1. The standard InChI is InChI=1S/C18H20N2O3S/c1-22-16-8-6-13(7-9-16)10-11-19-18(24)20-15-5-3-4-14(12-15)17(21)23-2/h3-9,12H,10-11H2,1-2H3,(H2,19,20,24). The Morgan fingerprint density at radius 2 is 1.88 bits per heavy atom. The zero-order valence-corrected chi connectivity index (χ0v) is 14.5. The highest BCUT2D eigenvalue weighted by Gasteiger charge is 2.06. The number of rotatable bonds is 6. The third-order valence-electron chi connectivity index (χ3n) is 3.40. The van der Waals surface area contributed by atoms with Gasteiger partial charge in [-0.2, -0.15) is 0 Å². The molecular weight excluding hydrogens is 324 g/mol. The Kier molecular flexibility index (Phi) is 6.57. The Hall–Kier alpha value is -2.60. The second kappa shape index (κ2) is 8.88. The van der Waals surface area contributed by atoms with E-state index in [1.165, 1.54) is 12.7 Å². The predicted molar refractivity (Wildman–Crippen MR) is 98.7 cm³/mol. The van der Waals surface area contributed by atoms with Gasteiger partial charge in [0.05, 0.1) is 19.8 Å². The Morgan fingerprint density at radius 1 is 1.12 bits per heavy atom. The summed E-state index contributed by atoms with van der Waals surface area (Å²) in [5.74, 6) is 0.464. The Morgan fingerprint density at radius 3 is 2.54 bits per heavy atom. The minimum absolute atomic E-state index is 0.378. The monoisotopic (exact) mass is 344 g/mol. The molecule has 5 nitrogen and oxygen atoms in total. The molecule has 0 atom stereocenters. The highest BCUT2D eigenvalue weighted by Crippen LogP contribution is 2.12. The molecule has 0 aliphatic carbocycles. The van der Waals surface area contributed by atoms with Crippen LogP contribution in [-0.4, -0.2) is 31.8 Å². The second-order valence-electron chi connectivity index (χ2n) is 5.05. The number of anilines is 1. The van der Waals surface area contributed by atoms with E-state index in [0.29, 0.717) is 17.2 Å². The molecule has 0 spiro atoms. The number of methoxy groups -OCH3 is 2. The number of benzene rings is 2. The van der Waals surface area contributed by atoms with Crippen LogP contribution < -0.4 is 15.4 Å². The lowest BCUT2D eigenvalue weighted by atomic mass is 10.1. The molecule has 2 aromatic rings. The van der Waals surface area contributed by atoms with Crippen molar-refractivity contribution in [2.24, 2.45) is 0 Å². The van der Waals surface area contributed by atoms with Gasteiger partial charge in [0.2, 0.25) is 0 Å². The van der Waals surface area contributed by atoms with Crippen LogP contribution in [0.4, 0.5) is 5.69 Å². The van der Waals surface area contributed by atoms with E-state index >= 15 is 0 Å². The molecule has 2 aromatic carbocycles. The summed E-state index contributed by atoms with van der Waals surface area (Å²) in [5.41, 5.74) is 2.40. The third kappa shape index (κ3) is 5.24. The first-order valence-corrected chi connectivity index (χ1v) is 7.89. The van der Waals surface area contributed by atoms with Gasteiger partial charge in [-0.15, -0.1) is 0 Å². The average molecular weight is 344 g/mol. The van der Waals surface area contributed by atoms with Crippen LogP contribution in [0.5, 0.6) is 5.75 Å². The largest absolute Gasteiger partial charge is 0.497 e. The molecule has 0 amide bonds. The number of esters is 1. The van der Waals surface area contributed by atoms with E-state index < -0.39 is 0 Å². The lowest BCUT2D eigenvalue weighted by molar-refractivity contribution is 0.0601. The van der Waals surface area contributed by atoms with E-state index in [-0.39, 0.29) is 5.97 Å². The zero-order valence-electron chi connectivity index (χ0n) is 13.7. The van der Waals surface area contributed by atoms with E-state index in [4.69, 9.17) is 21.7 Å². The SMILES string of the molecule is COC(=O)c1cccc(NC(=S)NCCc2ccc(OC)cc2)c1. The van der Waals surface area contributed by atoms with Crippen molar-refractivity contribution in [1.82, 2.24) is 5.32 Å². The molecule has 0 aliphatic heterocycles. The first-order valence-electron chi connectivity index (χ1n) is 7.48. The van der Waals surface area contributed by atoms with Crippen molar-refractivity contribution >= 4 is 29.0 Å². The quantitative estimate of drug-likeness (QED) is 0.620. The van der Waals surface area contributed by atoms with Crippen LogP contribution in [0.1, 0.15) is 15.9 Å². The number of nitrogens with one attached hydrogen (secondary N) is 2. The molecule has 0 aliphatic rings. The van der Waals surface area contributed by atoms with Crippen LogP contribution in [-0.2, 0) is 11.2 Å². The Bertz CT molecular complexity index is 702. The number of thiocarbonyl (C=S) groups is 1. The molecule has 0 fully saturated rings. The molecule has 0 radical (unpaired) electrons. The number of carbonyl (C=O) groups is 1. The van der Waals surface area contributed by atoms with Crippen LogP contribution >= 0.6 is 12.2 Å². The van der Waals surface area contributed by atoms with Gasteiger partial charge in [-0.1, -0.05) is 18.2 Å². The lowest BCUT2D eigenvalue weighted by Crippen LogP contribution is -2.30. The molecular formula is C18H20N2O3S. The van der Waals surface area contributed by atoms with Gasteiger partial charge in [0.25, 0.3) is 0 Å². The summed E-state index contributed by atoms with van der Waals surface area (Å²) in [6.45, 7) is 0.703. The normalized spacial score (nSPS) is 9.92. The molecule has 0 unspecified atom stereocenters. The summed E-state index contributed by atoms with van der Waals surface area (Å²) in [4.78, 5) is 11.5. The van der Waals surface area contributed by atoms with E-state index in [0.717, 1.165) is 17.9 Å². The number of carbonyl (C=O) groups excluding carboxylic acids is 1. The molecule has 126 valence electrons. The van der Waals surface area contributed by atoms with Crippen molar-refractivity contribution in [2.45, 2.75) is 6.42 Å². The first kappa shape index (κ1) is 17.7. The van der Waals surface area contributed by atoms with Gasteiger partial charge in [-0.3, -0.25) is 0 Å². The van der Waals surface area contributed by atoms with Crippen molar-refractivity contribution in [2.75, 3.05) is 26.1 Å². The van der Waals surface area contributed by atoms with Crippen LogP contribution in [0.2, 0.25) is 0 Å². The maximum absolute atomic E-state index is 11.5. The number of hydrogen-bond acceptors (Lipinski definition) is 4. The van der Waals surface area contributed by atoms with Gasteiger partial charge < -0.3 is 20.1 Å². The summed E-state index contributed by atoms with van der Waals surface area (Å²) in [7, 11) is 3.00. The van der Waals surface area contributed by atoms with E-state index in [1.807, 2.05) is 30.3 Å². The van der Waals surface area contributed by atoms with Crippen molar-refractivity contribution in [3.8, 4) is 5.75 Å². The van der Waals surface area contributed by atoms with Crippen molar-refractivity contribution in [3.05, 3.63) is 59.7 Å². The first-order chi connectivity index (χ1) is 11.6. The fourth-order valence-electron chi connectivity index (χ4n) is 2.13. The number of ether oxygens (including phenoxy) is 2. The van der Waals surface area contributed by atoms with E-state index in [9.17, 15) is 4.79 Å². The van der Waals surface area contributed by atoms with Gasteiger partial charge in [0.15, 0.2) is 5.11 Å². The summed E-state index contributed by atoms with van der Waals surface area (Å²) in [5, 5.41) is 6.71. The van der Waals surface area contributed by atoms with E-state index in [1.54, 1.807) is 25.3 Å². The maximum atomic E-state index is 11.5. The molecule has 2 N–H and O–H groups in total. The van der Waals surface area contributed by atoms with Crippen LogP contribution in [0.3, 0.4) is 0 Å². The van der Waals surface area contributed by atoms with Crippen molar-refractivity contribution in [3.63, 3.8) is 0 Å². The molecule has 6 heteroatoms. The molecule has 24 heavy (non-hydrogen) atoms. The minimum atomic E-state index is -0.378. The molecule has 0 heterocycles. The predicted octanol–water partition coefficient (Wildman–Crippen LogP) is 3.01. The van der Waals surface area contributed by atoms with Crippen molar-refractivity contribution in [1.29, 1.82) is 0 Å². The van der Waals surface area contributed by atoms with Crippen LogP contribution in [0.15, 0.2) is 48.5 Å². The Labute approximate surface area is 147 Å². The summed E-state index contributed by atoms with van der Waals surface area (Å²) in [6.07, 6.45) is 0.841. The molecule has 0 saturated carbocycles. The molecule has 2 rings (SSSR count). The molecule has 0 bridgehead atoms. The van der Waals surface area contributed by atoms with Crippen LogP contribution in [0, 0.1) is 0 Å². The molecule has 0 saturated heterocycles.